The number of carbonyl (C=O) groups is 2. The van der Waals surface area contributed by atoms with E-state index in [0.29, 0.717) is 18.7 Å². The van der Waals surface area contributed by atoms with E-state index in [9.17, 15) is 9.59 Å². The number of aromatic carboxylic acids is 1. The Morgan fingerprint density at radius 3 is 2.65 bits per heavy atom. The smallest absolute Gasteiger partial charge is 0.335 e. The molecule has 1 heterocycles. The van der Waals surface area contributed by atoms with Gasteiger partial charge in [-0.3, -0.25) is 4.79 Å². The Morgan fingerprint density at radius 1 is 1.22 bits per heavy atom. The number of hydrogen-bond acceptors (Lipinski definition) is 3. The van der Waals surface area contributed by atoms with Crippen LogP contribution in [0.3, 0.4) is 0 Å². The highest BCUT2D eigenvalue weighted by Gasteiger charge is 2.42. The molecule has 2 aromatic rings. The third-order valence-corrected chi connectivity index (χ3v) is 4.06. The van der Waals surface area contributed by atoms with Gasteiger partial charge in [-0.15, -0.1) is 6.42 Å². The minimum absolute atomic E-state index is 0.196. The SMILES string of the molecule is C#C[C@@]1(C(=O)Nc2ccccn2)Cc2ccc(C(=O)O)cc2C1. The van der Waals surface area contributed by atoms with E-state index in [1.165, 1.54) is 6.07 Å². The third kappa shape index (κ3) is 2.67. The molecule has 0 bridgehead atoms. The van der Waals surface area contributed by atoms with Crippen LogP contribution in [0.5, 0.6) is 0 Å². The second-order valence-electron chi connectivity index (χ2n) is 5.54. The van der Waals surface area contributed by atoms with E-state index < -0.39 is 11.4 Å². The highest BCUT2D eigenvalue weighted by molar-refractivity contribution is 5.98. The average Bonchev–Trinajstić information content (AvgIpc) is 2.95. The van der Waals surface area contributed by atoms with Gasteiger partial charge in [0.25, 0.3) is 0 Å². The number of nitrogens with one attached hydrogen (secondary N) is 1. The van der Waals surface area contributed by atoms with Crippen molar-refractivity contribution in [3.8, 4) is 12.3 Å². The van der Waals surface area contributed by atoms with E-state index in [2.05, 4.69) is 16.2 Å². The Morgan fingerprint density at radius 2 is 2.00 bits per heavy atom. The van der Waals surface area contributed by atoms with Gasteiger partial charge in [0.15, 0.2) is 0 Å². The van der Waals surface area contributed by atoms with Gasteiger partial charge in [0, 0.05) is 6.20 Å². The van der Waals surface area contributed by atoms with Crippen molar-refractivity contribution >= 4 is 17.7 Å². The molecule has 0 saturated carbocycles. The lowest BCUT2D eigenvalue weighted by Crippen LogP contribution is -2.36. The normalized spacial score (nSPS) is 18.7. The molecule has 0 spiro atoms. The van der Waals surface area contributed by atoms with Gasteiger partial charge in [-0.25, -0.2) is 9.78 Å². The van der Waals surface area contributed by atoms with Gasteiger partial charge in [0.2, 0.25) is 5.91 Å². The van der Waals surface area contributed by atoms with Crippen molar-refractivity contribution in [2.45, 2.75) is 12.8 Å². The van der Waals surface area contributed by atoms with Crippen LogP contribution in [0.4, 0.5) is 5.82 Å². The Bertz CT molecular complexity index is 824. The fraction of sp³-hybridized carbons (Fsp3) is 0.167. The summed E-state index contributed by atoms with van der Waals surface area (Å²) >= 11 is 0. The quantitative estimate of drug-likeness (QED) is 0.852. The van der Waals surface area contributed by atoms with E-state index in [1.807, 2.05) is 0 Å². The highest BCUT2D eigenvalue weighted by Crippen LogP contribution is 2.38. The van der Waals surface area contributed by atoms with Gasteiger partial charge in [-0.05, 0) is 48.2 Å². The van der Waals surface area contributed by atoms with Crippen molar-refractivity contribution in [2.75, 3.05) is 5.32 Å². The monoisotopic (exact) mass is 306 g/mol. The maximum Gasteiger partial charge on any atom is 0.335 e. The molecule has 23 heavy (non-hydrogen) atoms. The van der Waals surface area contributed by atoms with Crippen LogP contribution in [-0.4, -0.2) is 22.0 Å². The molecule has 5 nitrogen and oxygen atoms in total. The molecule has 1 aromatic carbocycles. The Hall–Kier alpha value is -3.13. The molecule has 1 amide bonds. The van der Waals surface area contributed by atoms with E-state index in [-0.39, 0.29) is 11.5 Å². The number of carboxylic acid groups (broad SMARTS) is 1. The summed E-state index contributed by atoms with van der Waals surface area (Å²) in [7, 11) is 0. The summed E-state index contributed by atoms with van der Waals surface area (Å²) in [5, 5.41) is 11.8. The number of hydrogen-bond donors (Lipinski definition) is 2. The Labute approximate surface area is 133 Å². The third-order valence-electron chi connectivity index (χ3n) is 4.06. The topological polar surface area (TPSA) is 79.3 Å². The average molecular weight is 306 g/mol. The number of pyridine rings is 1. The molecule has 0 radical (unpaired) electrons. The first kappa shape index (κ1) is 14.8. The van der Waals surface area contributed by atoms with Crippen LogP contribution in [0.25, 0.3) is 0 Å². The van der Waals surface area contributed by atoms with Crippen molar-refractivity contribution in [3.05, 3.63) is 59.3 Å². The lowest BCUT2D eigenvalue weighted by molar-refractivity contribution is -0.122. The fourth-order valence-corrected chi connectivity index (χ4v) is 2.81. The van der Waals surface area contributed by atoms with Crippen LogP contribution in [0.2, 0.25) is 0 Å². The van der Waals surface area contributed by atoms with Gasteiger partial charge in [-0.1, -0.05) is 18.1 Å². The first-order valence-corrected chi connectivity index (χ1v) is 7.09. The summed E-state index contributed by atoms with van der Waals surface area (Å²) in [5.74, 6) is 1.75. The minimum atomic E-state index is -1.02. The summed E-state index contributed by atoms with van der Waals surface area (Å²) in [6, 6.07) is 10.1. The fourth-order valence-electron chi connectivity index (χ4n) is 2.81. The van der Waals surface area contributed by atoms with Crippen LogP contribution in [-0.2, 0) is 17.6 Å². The number of rotatable bonds is 3. The Balaban J connectivity index is 1.87. The maximum absolute atomic E-state index is 12.6. The predicted molar refractivity (Wildman–Crippen MR) is 84.9 cm³/mol. The number of terminal acetylenes is 1. The molecular formula is C18H14N2O3. The first-order valence-electron chi connectivity index (χ1n) is 7.09. The van der Waals surface area contributed by atoms with E-state index in [4.69, 9.17) is 11.5 Å². The zero-order valence-corrected chi connectivity index (χ0v) is 12.2. The molecular weight excluding hydrogens is 292 g/mol. The van der Waals surface area contributed by atoms with Crippen molar-refractivity contribution < 1.29 is 14.7 Å². The lowest BCUT2D eigenvalue weighted by Gasteiger charge is -2.21. The van der Waals surface area contributed by atoms with Crippen molar-refractivity contribution in [1.82, 2.24) is 4.98 Å². The number of aromatic nitrogens is 1. The van der Waals surface area contributed by atoms with Crippen LogP contribution in [0.15, 0.2) is 42.6 Å². The van der Waals surface area contributed by atoms with Gasteiger partial charge in [0.05, 0.1) is 5.56 Å². The van der Waals surface area contributed by atoms with Crippen molar-refractivity contribution in [1.29, 1.82) is 0 Å². The van der Waals surface area contributed by atoms with E-state index in [1.54, 1.807) is 36.5 Å². The summed E-state index contributed by atoms with van der Waals surface area (Å²) in [6.07, 6.45) is 7.94. The van der Waals surface area contributed by atoms with E-state index in [0.717, 1.165) is 11.1 Å². The van der Waals surface area contributed by atoms with Gasteiger partial charge in [0.1, 0.15) is 11.2 Å². The number of benzene rings is 1. The summed E-state index contributed by atoms with van der Waals surface area (Å²) in [6.45, 7) is 0. The molecule has 0 aliphatic heterocycles. The molecule has 2 N–H and O–H groups in total. The first-order chi connectivity index (χ1) is 11.0. The van der Waals surface area contributed by atoms with Crippen molar-refractivity contribution in [3.63, 3.8) is 0 Å². The zero-order valence-electron chi connectivity index (χ0n) is 12.2. The number of anilines is 1. The second-order valence-corrected chi connectivity index (χ2v) is 5.54. The lowest BCUT2D eigenvalue weighted by atomic mass is 9.84. The summed E-state index contributed by atoms with van der Waals surface area (Å²) in [4.78, 5) is 27.8. The molecule has 3 rings (SSSR count). The van der Waals surface area contributed by atoms with Crippen LogP contribution in [0.1, 0.15) is 21.5 Å². The number of nitrogens with zero attached hydrogens (tertiary/aromatic N) is 1. The van der Waals surface area contributed by atoms with Gasteiger partial charge in [-0.2, -0.15) is 0 Å². The molecule has 1 aliphatic carbocycles. The summed E-state index contributed by atoms with van der Waals surface area (Å²) in [5.41, 5.74) is 0.890. The molecule has 5 heteroatoms. The summed E-state index contributed by atoms with van der Waals surface area (Å²) < 4.78 is 0. The molecule has 1 atom stereocenters. The Kier molecular flexibility index (Phi) is 3.59. The molecule has 0 saturated heterocycles. The van der Waals surface area contributed by atoms with Gasteiger partial charge >= 0.3 is 5.97 Å². The molecule has 1 aromatic heterocycles. The second kappa shape index (κ2) is 5.58. The number of fused-ring (bicyclic) bond motifs is 1. The standard InChI is InChI=1S/C18H14N2O3/c1-2-18(17(23)20-15-5-3-4-8-19-15)10-13-7-6-12(16(21)22)9-14(13)11-18/h1,3-9H,10-11H2,(H,21,22)(H,19,20,23)/t18-/m1/s1. The molecule has 0 unspecified atom stereocenters. The van der Waals surface area contributed by atoms with E-state index >= 15 is 0 Å². The largest absolute Gasteiger partial charge is 0.478 e. The molecule has 114 valence electrons. The molecule has 0 fully saturated rings. The number of carbonyl (C=O) groups excluding carboxylic acids is 1. The molecule has 1 aliphatic rings. The highest BCUT2D eigenvalue weighted by atomic mass is 16.4. The zero-order chi connectivity index (χ0) is 16.4. The van der Waals surface area contributed by atoms with Crippen molar-refractivity contribution in [2.24, 2.45) is 5.41 Å². The predicted octanol–water partition coefficient (Wildman–Crippen LogP) is 2.14. The van der Waals surface area contributed by atoms with Crippen LogP contribution >= 0.6 is 0 Å². The minimum Gasteiger partial charge on any atom is -0.478 e. The maximum atomic E-state index is 12.6. The number of amides is 1. The van der Waals surface area contributed by atoms with Gasteiger partial charge < -0.3 is 10.4 Å². The number of carboxylic acids is 1. The van der Waals surface area contributed by atoms with Crippen LogP contribution in [0, 0.1) is 17.8 Å². The van der Waals surface area contributed by atoms with Crippen LogP contribution < -0.4 is 5.32 Å².